The summed E-state index contributed by atoms with van der Waals surface area (Å²) in [7, 11) is 0. The zero-order valence-corrected chi connectivity index (χ0v) is 6.60. The van der Waals surface area contributed by atoms with Crippen LogP contribution in [0.4, 0.5) is 0 Å². The van der Waals surface area contributed by atoms with Crippen LogP contribution in [0, 0.1) is 5.92 Å². The molecule has 0 radical (unpaired) electrons. The Hall–Kier alpha value is -0.280. The number of nitrogens with one attached hydrogen (secondary N) is 1. The van der Waals surface area contributed by atoms with Gasteiger partial charge in [0.15, 0.2) is 0 Å². The molecular weight excluding hydrogens is 152 g/mol. The second-order valence-corrected chi connectivity index (χ2v) is 2.35. The van der Waals surface area contributed by atoms with Crippen LogP contribution < -0.4 is 5.32 Å². The highest BCUT2D eigenvalue weighted by molar-refractivity contribution is 5.85. The second kappa shape index (κ2) is 5.50. The quantitative estimate of drug-likeness (QED) is 0.343. The van der Waals surface area contributed by atoms with E-state index in [4.69, 9.17) is 5.21 Å². The van der Waals surface area contributed by atoms with Crippen molar-refractivity contribution in [2.75, 3.05) is 13.1 Å². The highest BCUT2D eigenvalue weighted by atomic mass is 35.5. The van der Waals surface area contributed by atoms with Crippen LogP contribution in [0.2, 0.25) is 0 Å². The van der Waals surface area contributed by atoms with E-state index >= 15 is 0 Å². The summed E-state index contributed by atoms with van der Waals surface area (Å²) in [6, 6.07) is 0. The molecule has 0 aromatic heterocycles. The summed E-state index contributed by atoms with van der Waals surface area (Å²) in [5, 5.41) is 14.4. The van der Waals surface area contributed by atoms with Gasteiger partial charge in [-0.3, -0.25) is 0 Å². The third-order valence-corrected chi connectivity index (χ3v) is 1.66. The van der Waals surface area contributed by atoms with Crippen molar-refractivity contribution in [3.8, 4) is 0 Å². The zero-order chi connectivity index (χ0) is 6.53. The van der Waals surface area contributed by atoms with Gasteiger partial charge in [0.2, 0.25) is 0 Å². The SMILES string of the molecule is Cl.ON=CC1CCNCC1. The van der Waals surface area contributed by atoms with Gasteiger partial charge in [0.1, 0.15) is 0 Å². The van der Waals surface area contributed by atoms with Crippen molar-refractivity contribution in [2.45, 2.75) is 12.8 Å². The van der Waals surface area contributed by atoms with Crippen LogP contribution in [-0.4, -0.2) is 24.5 Å². The van der Waals surface area contributed by atoms with Crippen LogP contribution in [0.1, 0.15) is 12.8 Å². The molecule has 3 nitrogen and oxygen atoms in total. The van der Waals surface area contributed by atoms with Gasteiger partial charge >= 0.3 is 0 Å². The Morgan fingerprint density at radius 3 is 2.50 bits per heavy atom. The van der Waals surface area contributed by atoms with Gasteiger partial charge in [0.05, 0.1) is 0 Å². The molecule has 0 aliphatic carbocycles. The van der Waals surface area contributed by atoms with E-state index in [1.165, 1.54) is 0 Å². The number of hydrogen-bond acceptors (Lipinski definition) is 3. The number of oxime groups is 1. The Kier molecular flexibility index (Phi) is 5.35. The summed E-state index contributed by atoms with van der Waals surface area (Å²) in [6.07, 6.45) is 3.83. The normalized spacial score (nSPS) is 20.8. The Balaban J connectivity index is 0.000000810. The van der Waals surface area contributed by atoms with Crippen LogP contribution in [-0.2, 0) is 0 Å². The van der Waals surface area contributed by atoms with Crippen LogP contribution in [0.3, 0.4) is 0 Å². The van der Waals surface area contributed by atoms with Crippen molar-refractivity contribution in [2.24, 2.45) is 11.1 Å². The molecule has 0 bridgehead atoms. The minimum absolute atomic E-state index is 0. The van der Waals surface area contributed by atoms with Crippen molar-refractivity contribution in [3.63, 3.8) is 0 Å². The summed E-state index contributed by atoms with van der Waals surface area (Å²) < 4.78 is 0. The van der Waals surface area contributed by atoms with Gasteiger partial charge in [-0.1, -0.05) is 0 Å². The van der Waals surface area contributed by atoms with Gasteiger partial charge in [-0.2, -0.15) is 0 Å². The Morgan fingerprint density at radius 2 is 2.00 bits per heavy atom. The first-order valence-electron chi connectivity index (χ1n) is 3.32. The first-order valence-corrected chi connectivity index (χ1v) is 3.32. The van der Waals surface area contributed by atoms with Crippen molar-refractivity contribution in [1.29, 1.82) is 0 Å². The molecule has 2 N–H and O–H groups in total. The summed E-state index contributed by atoms with van der Waals surface area (Å²) in [4.78, 5) is 0. The van der Waals surface area contributed by atoms with E-state index in [2.05, 4.69) is 10.5 Å². The lowest BCUT2D eigenvalue weighted by atomic mass is 10.0. The molecule has 1 aliphatic heterocycles. The van der Waals surface area contributed by atoms with Crippen molar-refractivity contribution < 1.29 is 5.21 Å². The van der Waals surface area contributed by atoms with E-state index in [0.29, 0.717) is 5.92 Å². The number of hydrogen-bond donors (Lipinski definition) is 2. The van der Waals surface area contributed by atoms with Crippen LogP contribution in [0.5, 0.6) is 0 Å². The molecular formula is C6H13ClN2O. The number of piperidine rings is 1. The van der Waals surface area contributed by atoms with Crippen molar-refractivity contribution >= 4 is 18.6 Å². The van der Waals surface area contributed by atoms with Crippen molar-refractivity contribution in [3.05, 3.63) is 0 Å². The Bertz CT molecular complexity index is 102. The van der Waals surface area contributed by atoms with Crippen molar-refractivity contribution in [1.82, 2.24) is 5.32 Å². The fraction of sp³-hybridized carbons (Fsp3) is 0.833. The van der Waals surface area contributed by atoms with E-state index in [-0.39, 0.29) is 12.4 Å². The molecule has 1 aliphatic rings. The molecule has 0 atom stereocenters. The fourth-order valence-electron chi connectivity index (χ4n) is 1.09. The highest BCUT2D eigenvalue weighted by Crippen LogP contribution is 2.07. The van der Waals surface area contributed by atoms with E-state index in [9.17, 15) is 0 Å². The van der Waals surface area contributed by atoms with Gasteiger partial charge < -0.3 is 10.5 Å². The Labute approximate surface area is 66.9 Å². The molecule has 1 saturated heterocycles. The van der Waals surface area contributed by atoms with Gasteiger partial charge in [0.25, 0.3) is 0 Å². The van der Waals surface area contributed by atoms with Crippen LogP contribution in [0.25, 0.3) is 0 Å². The predicted molar refractivity (Wildman–Crippen MR) is 43.1 cm³/mol. The average molecular weight is 165 g/mol. The molecule has 1 fully saturated rings. The lowest BCUT2D eigenvalue weighted by molar-refractivity contribution is 0.315. The monoisotopic (exact) mass is 164 g/mol. The first-order chi connectivity index (χ1) is 4.43. The fourth-order valence-corrected chi connectivity index (χ4v) is 1.09. The number of halogens is 1. The summed E-state index contributed by atoms with van der Waals surface area (Å²) in [5.41, 5.74) is 0. The highest BCUT2D eigenvalue weighted by Gasteiger charge is 2.09. The standard InChI is InChI=1S/C6H12N2O.ClH/c9-8-5-6-1-3-7-4-2-6;/h5-7,9H,1-4H2;1H. The number of nitrogens with zero attached hydrogens (tertiary/aromatic N) is 1. The molecule has 0 spiro atoms. The third-order valence-electron chi connectivity index (χ3n) is 1.66. The molecule has 10 heavy (non-hydrogen) atoms. The number of rotatable bonds is 1. The van der Waals surface area contributed by atoms with E-state index in [0.717, 1.165) is 25.9 Å². The molecule has 0 unspecified atom stereocenters. The molecule has 1 heterocycles. The average Bonchev–Trinajstić information content (AvgIpc) is 1.91. The van der Waals surface area contributed by atoms with Gasteiger partial charge in [0, 0.05) is 6.21 Å². The maximum absolute atomic E-state index is 8.17. The van der Waals surface area contributed by atoms with E-state index in [1.807, 2.05) is 0 Å². The maximum Gasteiger partial charge on any atom is 0.0467 e. The first kappa shape index (κ1) is 9.72. The molecule has 4 heteroatoms. The lowest BCUT2D eigenvalue weighted by Gasteiger charge is -2.17. The minimum Gasteiger partial charge on any atom is -0.411 e. The summed E-state index contributed by atoms with van der Waals surface area (Å²) >= 11 is 0. The van der Waals surface area contributed by atoms with Crippen LogP contribution >= 0.6 is 12.4 Å². The van der Waals surface area contributed by atoms with Gasteiger partial charge in [-0.05, 0) is 31.8 Å². The zero-order valence-electron chi connectivity index (χ0n) is 5.79. The molecule has 0 saturated carbocycles. The molecule has 60 valence electrons. The summed E-state index contributed by atoms with van der Waals surface area (Å²) in [6.45, 7) is 2.10. The largest absolute Gasteiger partial charge is 0.411 e. The molecule has 1 rings (SSSR count). The van der Waals surface area contributed by atoms with Gasteiger partial charge in [-0.15, -0.1) is 17.6 Å². The molecule has 0 aromatic rings. The predicted octanol–water partition coefficient (Wildman–Crippen LogP) is 0.868. The topological polar surface area (TPSA) is 44.6 Å². The maximum atomic E-state index is 8.17. The summed E-state index contributed by atoms with van der Waals surface area (Å²) in [5.74, 6) is 0.497. The third kappa shape index (κ3) is 3.03. The van der Waals surface area contributed by atoms with Crippen LogP contribution in [0.15, 0.2) is 5.16 Å². The minimum atomic E-state index is 0. The van der Waals surface area contributed by atoms with E-state index in [1.54, 1.807) is 6.21 Å². The second-order valence-electron chi connectivity index (χ2n) is 2.35. The van der Waals surface area contributed by atoms with Gasteiger partial charge in [-0.25, -0.2) is 0 Å². The van der Waals surface area contributed by atoms with E-state index < -0.39 is 0 Å². The smallest absolute Gasteiger partial charge is 0.0467 e. The lowest BCUT2D eigenvalue weighted by Crippen LogP contribution is -2.28. The Morgan fingerprint density at radius 1 is 1.40 bits per heavy atom. The molecule has 0 amide bonds. The molecule has 0 aromatic carbocycles.